The average molecular weight is 639 g/mol. The number of H-pyrrole nitrogens is 1. The van der Waals surface area contributed by atoms with Crippen LogP contribution in [0.5, 0.6) is 0 Å². The quantitative estimate of drug-likeness (QED) is 0.115. The maximum Gasteiger partial charge on any atom is 0.420 e. The summed E-state index contributed by atoms with van der Waals surface area (Å²) >= 11 is 0. The van der Waals surface area contributed by atoms with Gasteiger partial charge in [-0.05, 0) is 25.5 Å². The Morgan fingerprint density at radius 1 is 1.11 bits per heavy atom. The molecule has 0 unspecified atom stereocenters. The van der Waals surface area contributed by atoms with Gasteiger partial charge in [-0.15, -0.1) is 0 Å². The topological polar surface area (TPSA) is 152 Å². The fourth-order valence-electron chi connectivity index (χ4n) is 5.58. The first kappa shape index (κ1) is 29.0. The lowest BCUT2D eigenvalue weighted by atomic mass is 9.92. The number of aromatic nitrogens is 5. The molecular weight excluding hydrogens is 621 g/mol. The molecule has 0 bridgehead atoms. The highest BCUT2D eigenvalue weighted by Gasteiger charge is 2.46. The van der Waals surface area contributed by atoms with E-state index in [0.29, 0.717) is 4.90 Å². The number of anilines is 1. The number of carbonyl (C=O) groups excluding carboxylic acids is 4. The van der Waals surface area contributed by atoms with Crippen molar-refractivity contribution in [1.82, 2.24) is 29.5 Å². The Hall–Kier alpha value is -5.74. The minimum absolute atomic E-state index is 0.0381. The summed E-state index contributed by atoms with van der Waals surface area (Å²) < 4.78 is 79.1. The molecule has 2 aliphatic rings. The van der Waals surface area contributed by atoms with Crippen LogP contribution < -0.4 is 5.32 Å². The van der Waals surface area contributed by atoms with Crippen LogP contribution in [0.15, 0.2) is 49.1 Å². The number of carbonyl (C=O) groups is 4. The summed E-state index contributed by atoms with van der Waals surface area (Å²) in [6.45, 7) is 1.24. The van der Waals surface area contributed by atoms with Gasteiger partial charge in [0.15, 0.2) is 11.5 Å². The summed E-state index contributed by atoms with van der Waals surface area (Å²) in [5.74, 6) is -5.57. The van der Waals surface area contributed by atoms with E-state index in [-0.39, 0.29) is 45.6 Å². The number of nitrogens with zero attached hydrogens (tertiary/aromatic N) is 5. The van der Waals surface area contributed by atoms with E-state index in [1.807, 2.05) is 0 Å². The number of imide groups is 1. The predicted molar refractivity (Wildman–Crippen MR) is 147 cm³/mol. The highest BCUT2D eigenvalue weighted by atomic mass is 19.4. The molecule has 0 radical (unpaired) electrons. The second-order valence-corrected chi connectivity index (χ2v) is 10.7. The fraction of sp³-hybridized carbons (Fsp3) is 0.207. The van der Waals surface area contributed by atoms with Crippen molar-refractivity contribution >= 4 is 46.2 Å². The molecule has 12 nitrogen and oxygen atoms in total. The van der Waals surface area contributed by atoms with Gasteiger partial charge in [-0.25, -0.2) is 18.6 Å². The second-order valence-electron chi connectivity index (χ2n) is 10.7. The number of amides is 3. The van der Waals surface area contributed by atoms with Crippen molar-refractivity contribution in [3.63, 3.8) is 0 Å². The fourth-order valence-corrected chi connectivity index (χ4v) is 5.58. The molecule has 0 spiro atoms. The van der Waals surface area contributed by atoms with Gasteiger partial charge >= 0.3 is 18.2 Å². The van der Waals surface area contributed by atoms with Crippen molar-refractivity contribution < 1.29 is 45.9 Å². The van der Waals surface area contributed by atoms with E-state index < -0.39 is 70.7 Å². The van der Waals surface area contributed by atoms with Crippen molar-refractivity contribution in [2.45, 2.75) is 31.7 Å². The van der Waals surface area contributed by atoms with Crippen LogP contribution in [-0.4, -0.2) is 59.5 Å². The van der Waals surface area contributed by atoms with Crippen molar-refractivity contribution in [2.75, 3.05) is 5.32 Å². The van der Waals surface area contributed by atoms with E-state index in [4.69, 9.17) is 0 Å². The Balaban J connectivity index is 1.29. The Kier molecular flexibility index (Phi) is 6.40. The lowest BCUT2D eigenvalue weighted by molar-refractivity contribution is -0.140. The van der Waals surface area contributed by atoms with E-state index in [2.05, 4.69) is 30.2 Å². The van der Waals surface area contributed by atoms with Crippen LogP contribution in [0.1, 0.15) is 51.2 Å². The average Bonchev–Trinajstić information content (AvgIpc) is 3.28. The third kappa shape index (κ3) is 4.53. The van der Waals surface area contributed by atoms with Crippen LogP contribution in [0.25, 0.3) is 27.8 Å². The summed E-state index contributed by atoms with van der Waals surface area (Å²) in [6, 6.07) is 4.35. The van der Waals surface area contributed by atoms with Crippen LogP contribution in [0, 0.1) is 11.7 Å². The Morgan fingerprint density at radius 3 is 2.41 bits per heavy atom. The molecule has 2 aromatic carbocycles. The third-order valence-corrected chi connectivity index (χ3v) is 7.83. The summed E-state index contributed by atoms with van der Waals surface area (Å²) in [6.07, 6.45) is -3.58. The van der Waals surface area contributed by atoms with Gasteiger partial charge in [0, 0.05) is 22.7 Å². The highest BCUT2D eigenvalue weighted by molar-refractivity contribution is 6.21. The molecule has 5 aromatic rings. The number of hydrogen-bond donors (Lipinski definition) is 2. The minimum Gasteiger partial charge on any atom is -0.376 e. The molecule has 1 aliphatic carbocycles. The van der Waals surface area contributed by atoms with Gasteiger partial charge in [-0.2, -0.15) is 18.3 Å². The number of halogens is 5. The zero-order valence-corrected chi connectivity index (χ0v) is 23.2. The number of nitrogens with one attached hydrogen (secondary N) is 2. The summed E-state index contributed by atoms with van der Waals surface area (Å²) in [5.41, 5.74) is -3.44. The van der Waals surface area contributed by atoms with E-state index in [1.165, 1.54) is 41.8 Å². The molecule has 17 heteroatoms. The number of ether oxygens (including phenoxy) is 1. The number of esters is 1. The van der Waals surface area contributed by atoms with E-state index in [9.17, 15) is 36.7 Å². The molecular formula is C29H18F5N7O5. The van der Waals surface area contributed by atoms with Gasteiger partial charge in [0.2, 0.25) is 0 Å². The molecule has 2 N–H and O–H groups in total. The van der Waals surface area contributed by atoms with E-state index in [1.54, 1.807) is 0 Å². The van der Waals surface area contributed by atoms with Crippen LogP contribution in [0.2, 0.25) is 0 Å². The maximum atomic E-state index is 16.3. The largest absolute Gasteiger partial charge is 0.420 e. The molecule has 3 aromatic heterocycles. The number of aromatic amines is 1. The zero-order valence-electron chi connectivity index (χ0n) is 23.2. The molecule has 46 heavy (non-hydrogen) atoms. The van der Waals surface area contributed by atoms with Gasteiger partial charge in [0.05, 0.1) is 52.9 Å². The molecule has 3 atom stereocenters. The zero-order chi connectivity index (χ0) is 32.7. The number of rotatable bonds is 5. The molecule has 4 heterocycles. The van der Waals surface area contributed by atoms with Crippen molar-refractivity contribution in [3.05, 3.63) is 77.1 Å². The molecule has 1 aliphatic heterocycles. The van der Waals surface area contributed by atoms with Crippen molar-refractivity contribution in [2.24, 2.45) is 5.92 Å². The normalized spacial score (nSPS) is 18.3. The number of imidazole rings is 1. The first-order valence-electron chi connectivity index (χ1n) is 13.6. The molecule has 234 valence electrons. The molecule has 1 saturated carbocycles. The lowest BCUT2D eigenvalue weighted by Gasteiger charge is -2.26. The Bertz CT molecular complexity index is 2110. The van der Waals surface area contributed by atoms with E-state index >= 15 is 4.39 Å². The van der Waals surface area contributed by atoms with Crippen molar-refractivity contribution in [3.8, 4) is 11.3 Å². The lowest BCUT2D eigenvalue weighted by Crippen LogP contribution is -2.33. The second kappa shape index (κ2) is 10.1. The standard InChI is InChI=1S/C29H18F5N7O5/c1-11(41-25(42)12-4-2-3-5-13(12)26(41)43)20-23(31)22(29(32,33)34)21(15-7-36-39-24(15)20)17-9-40-10-18(37-19(40)8-35-17)38-28(45)46-27(44)14-6-16(14)30/h2-5,7-11,14,16H,6H2,1H3,(H,36,39)(H,38,45)/t11-,14+,16-/m0/s1. The van der Waals surface area contributed by atoms with Gasteiger partial charge in [-0.3, -0.25) is 34.7 Å². The predicted octanol–water partition coefficient (Wildman–Crippen LogP) is 5.22. The van der Waals surface area contributed by atoms with Gasteiger partial charge in [-0.1, -0.05) is 12.1 Å². The Labute approximate surface area is 253 Å². The summed E-state index contributed by atoms with van der Waals surface area (Å²) in [5, 5.41) is 8.30. The third-order valence-electron chi connectivity index (χ3n) is 7.83. The number of alkyl halides is 4. The van der Waals surface area contributed by atoms with Crippen molar-refractivity contribution in [1.29, 1.82) is 0 Å². The van der Waals surface area contributed by atoms with Gasteiger partial charge < -0.3 is 9.14 Å². The summed E-state index contributed by atoms with van der Waals surface area (Å²) in [7, 11) is 0. The highest BCUT2D eigenvalue weighted by Crippen LogP contribution is 2.46. The van der Waals surface area contributed by atoms with Crippen LogP contribution >= 0.6 is 0 Å². The van der Waals surface area contributed by atoms with Gasteiger partial charge in [0.25, 0.3) is 11.8 Å². The first-order valence-corrected chi connectivity index (χ1v) is 13.6. The SMILES string of the molecule is C[C@@H](c1c(F)c(C(F)(F)F)c(-c2cn3cc(NC(=O)OC(=O)[C@@H]4C[C@@H]4F)nc3cn2)c2cn[nH]c12)N1C(=O)c2ccccc2C1=O. The monoisotopic (exact) mass is 639 g/mol. The molecule has 3 amide bonds. The molecule has 7 rings (SSSR count). The van der Waals surface area contributed by atoms with Gasteiger partial charge in [0.1, 0.15) is 17.6 Å². The molecule has 0 saturated heterocycles. The maximum absolute atomic E-state index is 16.3. The Morgan fingerprint density at radius 2 is 1.78 bits per heavy atom. The smallest absolute Gasteiger partial charge is 0.376 e. The number of hydrogen-bond acceptors (Lipinski definition) is 8. The number of fused-ring (bicyclic) bond motifs is 3. The van der Waals surface area contributed by atoms with E-state index in [0.717, 1.165) is 18.6 Å². The number of benzene rings is 2. The van der Waals surface area contributed by atoms with Crippen LogP contribution in [0.4, 0.5) is 32.6 Å². The summed E-state index contributed by atoms with van der Waals surface area (Å²) in [4.78, 5) is 58.8. The van der Waals surface area contributed by atoms with Crippen LogP contribution in [-0.2, 0) is 15.7 Å². The first-order chi connectivity index (χ1) is 21.8. The molecule has 1 fully saturated rings. The minimum atomic E-state index is -5.28. The van der Waals surface area contributed by atoms with Crippen LogP contribution in [0.3, 0.4) is 0 Å².